The Morgan fingerprint density at radius 2 is 2.26 bits per heavy atom. The van der Waals surface area contributed by atoms with E-state index in [9.17, 15) is 9.18 Å². The van der Waals surface area contributed by atoms with Crippen LogP contribution < -0.4 is 4.74 Å². The number of carbonyl (C=O) groups excluding carboxylic acids is 1. The van der Waals surface area contributed by atoms with E-state index in [0.29, 0.717) is 5.89 Å². The number of esters is 1. The van der Waals surface area contributed by atoms with Crippen LogP contribution in [-0.2, 0) is 11.3 Å². The van der Waals surface area contributed by atoms with Crippen LogP contribution in [0.15, 0.2) is 39.5 Å². The number of benzene rings is 1. The monoisotopic (exact) mass is 334 g/mol. The molecule has 0 aliphatic heterocycles. The molecule has 0 N–H and O–H groups in total. The highest BCUT2D eigenvalue weighted by Gasteiger charge is 2.14. The van der Waals surface area contributed by atoms with Crippen molar-refractivity contribution in [2.45, 2.75) is 6.61 Å². The summed E-state index contributed by atoms with van der Waals surface area (Å²) in [5.41, 5.74) is 0.877. The Morgan fingerprint density at radius 1 is 1.39 bits per heavy atom. The minimum atomic E-state index is -0.687. The predicted molar refractivity (Wildman–Crippen MR) is 79.7 cm³/mol. The molecule has 6 nitrogen and oxygen atoms in total. The number of thiophene rings is 1. The molecule has 8 heteroatoms. The van der Waals surface area contributed by atoms with E-state index in [-0.39, 0.29) is 23.7 Å². The Hall–Kier alpha value is -2.74. The number of methoxy groups -OCH3 is 1. The second-order valence-electron chi connectivity index (χ2n) is 4.45. The van der Waals surface area contributed by atoms with Crippen LogP contribution in [0.1, 0.15) is 16.2 Å². The Balaban J connectivity index is 1.64. The van der Waals surface area contributed by atoms with Gasteiger partial charge in [-0.3, -0.25) is 0 Å². The van der Waals surface area contributed by atoms with Crippen LogP contribution in [0.25, 0.3) is 11.5 Å². The lowest BCUT2D eigenvalue weighted by atomic mass is 10.2. The molecule has 0 atom stereocenters. The van der Waals surface area contributed by atoms with Crippen molar-refractivity contribution in [2.75, 3.05) is 7.11 Å². The zero-order valence-electron chi connectivity index (χ0n) is 12.0. The summed E-state index contributed by atoms with van der Waals surface area (Å²) in [4.78, 5) is 16.0. The van der Waals surface area contributed by atoms with E-state index in [4.69, 9.17) is 14.0 Å². The number of carbonyl (C=O) groups is 1. The van der Waals surface area contributed by atoms with Crippen LogP contribution in [0.2, 0.25) is 0 Å². The van der Waals surface area contributed by atoms with E-state index in [1.807, 2.05) is 16.8 Å². The van der Waals surface area contributed by atoms with E-state index < -0.39 is 11.8 Å². The number of ether oxygens (including phenoxy) is 2. The van der Waals surface area contributed by atoms with Crippen molar-refractivity contribution in [3.8, 4) is 17.2 Å². The van der Waals surface area contributed by atoms with Crippen LogP contribution in [-0.4, -0.2) is 23.2 Å². The van der Waals surface area contributed by atoms with E-state index in [1.54, 1.807) is 0 Å². The van der Waals surface area contributed by atoms with Gasteiger partial charge in [0.1, 0.15) is 0 Å². The second-order valence-corrected chi connectivity index (χ2v) is 5.23. The first-order valence-corrected chi connectivity index (χ1v) is 7.47. The maximum Gasteiger partial charge on any atom is 0.338 e. The van der Waals surface area contributed by atoms with Gasteiger partial charge in [0, 0.05) is 5.38 Å². The van der Waals surface area contributed by atoms with Crippen molar-refractivity contribution in [1.82, 2.24) is 10.1 Å². The minimum Gasteiger partial charge on any atom is -0.494 e. The van der Waals surface area contributed by atoms with Crippen LogP contribution in [0.3, 0.4) is 0 Å². The van der Waals surface area contributed by atoms with Crippen LogP contribution in [0.4, 0.5) is 4.39 Å². The highest BCUT2D eigenvalue weighted by molar-refractivity contribution is 7.08. The lowest BCUT2D eigenvalue weighted by Gasteiger charge is -2.04. The topological polar surface area (TPSA) is 74.5 Å². The van der Waals surface area contributed by atoms with Crippen LogP contribution in [0.5, 0.6) is 5.75 Å². The number of nitrogens with zero attached hydrogens (tertiary/aromatic N) is 2. The molecule has 0 spiro atoms. The van der Waals surface area contributed by atoms with Gasteiger partial charge < -0.3 is 14.0 Å². The fourth-order valence-electron chi connectivity index (χ4n) is 1.82. The number of rotatable bonds is 5. The first-order chi connectivity index (χ1) is 11.2. The normalized spacial score (nSPS) is 10.5. The largest absolute Gasteiger partial charge is 0.494 e. The minimum absolute atomic E-state index is 0.0557. The van der Waals surface area contributed by atoms with Crippen LogP contribution in [0, 0.1) is 5.82 Å². The van der Waals surface area contributed by atoms with Gasteiger partial charge >= 0.3 is 5.97 Å². The summed E-state index contributed by atoms with van der Waals surface area (Å²) in [7, 11) is 1.34. The van der Waals surface area contributed by atoms with Gasteiger partial charge in [-0.1, -0.05) is 5.16 Å². The van der Waals surface area contributed by atoms with E-state index in [1.165, 1.54) is 30.6 Å². The standard InChI is InChI=1S/C15H11FN2O4S/c1-20-12-3-2-9(6-11(12)16)15(19)21-7-13-17-14(22-18-13)10-4-5-23-8-10/h2-6,8H,7H2,1H3. The fourth-order valence-corrected chi connectivity index (χ4v) is 2.45. The fraction of sp³-hybridized carbons (Fsp3) is 0.133. The molecule has 118 valence electrons. The van der Waals surface area contributed by atoms with Gasteiger partial charge in [-0.05, 0) is 29.6 Å². The Bertz CT molecular complexity index is 817. The lowest BCUT2D eigenvalue weighted by molar-refractivity contribution is 0.0459. The smallest absolute Gasteiger partial charge is 0.338 e. The summed E-state index contributed by atoms with van der Waals surface area (Å²) in [6, 6.07) is 5.66. The third-order valence-corrected chi connectivity index (χ3v) is 3.64. The predicted octanol–water partition coefficient (Wildman–Crippen LogP) is 3.30. The molecule has 0 bridgehead atoms. The quantitative estimate of drug-likeness (QED) is 0.667. The maximum atomic E-state index is 13.6. The van der Waals surface area contributed by atoms with E-state index in [0.717, 1.165) is 11.6 Å². The highest BCUT2D eigenvalue weighted by atomic mass is 32.1. The van der Waals surface area contributed by atoms with E-state index >= 15 is 0 Å². The zero-order chi connectivity index (χ0) is 16.2. The third-order valence-electron chi connectivity index (χ3n) is 2.96. The van der Waals surface area contributed by atoms with Gasteiger partial charge in [0.25, 0.3) is 5.89 Å². The Labute approximate surface area is 134 Å². The summed E-state index contributed by atoms with van der Waals surface area (Å²) in [5.74, 6) is -0.684. The molecule has 0 saturated carbocycles. The average molecular weight is 334 g/mol. The van der Waals surface area contributed by atoms with Gasteiger partial charge in [-0.15, -0.1) is 0 Å². The summed E-state index contributed by atoms with van der Waals surface area (Å²) < 4.78 is 28.5. The number of hydrogen-bond acceptors (Lipinski definition) is 7. The highest BCUT2D eigenvalue weighted by Crippen LogP contribution is 2.21. The van der Waals surface area contributed by atoms with Crippen molar-refractivity contribution < 1.29 is 23.2 Å². The van der Waals surface area contributed by atoms with Crippen LogP contribution >= 0.6 is 11.3 Å². The van der Waals surface area contributed by atoms with Gasteiger partial charge in [-0.25, -0.2) is 9.18 Å². The summed E-state index contributed by atoms with van der Waals surface area (Å²) in [6.45, 7) is -0.167. The Morgan fingerprint density at radius 3 is 2.96 bits per heavy atom. The molecule has 3 aromatic rings. The summed E-state index contributed by atoms with van der Waals surface area (Å²) in [6.07, 6.45) is 0. The Kier molecular flexibility index (Phi) is 4.33. The second kappa shape index (κ2) is 6.57. The molecule has 0 amide bonds. The maximum absolute atomic E-state index is 13.6. The van der Waals surface area contributed by atoms with Crippen molar-refractivity contribution in [1.29, 1.82) is 0 Å². The lowest BCUT2D eigenvalue weighted by Crippen LogP contribution is -2.06. The average Bonchev–Trinajstić information content (AvgIpc) is 3.23. The van der Waals surface area contributed by atoms with Gasteiger partial charge in [0.05, 0.1) is 18.2 Å². The molecule has 1 aromatic carbocycles. The van der Waals surface area contributed by atoms with Crippen molar-refractivity contribution in [2.24, 2.45) is 0 Å². The molecular weight excluding hydrogens is 323 g/mol. The van der Waals surface area contributed by atoms with Gasteiger partial charge in [0.15, 0.2) is 18.2 Å². The van der Waals surface area contributed by atoms with Gasteiger partial charge in [0.2, 0.25) is 5.82 Å². The molecular formula is C15H11FN2O4S. The molecule has 0 unspecified atom stereocenters. The first kappa shape index (κ1) is 15.2. The van der Waals surface area contributed by atoms with E-state index in [2.05, 4.69) is 10.1 Å². The van der Waals surface area contributed by atoms with Crippen molar-refractivity contribution in [3.63, 3.8) is 0 Å². The molecule has 0 aliphatic carbocycles. The number of aromatic nitrogens is 2. The van der Waals surface area contributed by atoms with Crippen molar-refractivity contribution in [3.05, 3.63) is 52.2 Å². The molecule has 0 fully saturated rings. The molecule has 0 aliphatic rings. The molecule has 0 saturated heterocycles. The number of halogens is 1. The zero-order valence-corrected chi connectivity index (χ0v) is 12.8. The summed E-state index contributed by atoms with van der Waals surface area (Å²) >= 11 is 1.50. The van der Waals surface area contributed by atoms with Gasteiger partial charge in [-0.2, -0.15) is 16.3 Å². The molecule has 3 rings (SSSR count). The molecule has 23 heavy (non-hydrogen) atoms. The SMILES string of the molecule is COc1ccc(C(=O)OCc2noc(-c3ccsc3)n2)cc1F. The third kappa shape index (κ3) is 3.37. The molecule has 2 aromatic heterocycles. The number of hydrogen-bond donors (Lipinski definition) is 0. The van der Waals surface area contributed by atoms with Crippen molar-refractivity contribution >= 4 is 17.3 Å². The first-order valence-electron chi connectivity index (χ1n) is 6.53. The molecule has 2 heterocycles. The molecule has 0 radical (unpaired) electrons. The summed E-state index contributed by atoms with van der Waals surface area (Å²) in [5, 5.41) is 7.48.